The highest BCUT2D eigenvalue weighted by molar-refractivity contribution is 8.14. The number of hydrogen-bond acceptors (Lipinski definition) is 6. The predicted octanol–water partition coefficient (Wildman–Crippen LogP) is 3.79. The maximum atomic E-state index is 12.4. The van der Waals surface area contributed by atoms with Crippen molar-refractivity contribution in [3.05, 3.63) is 65.7 Å². The van der Waals surface area contributed by atoms with E-state index in [0.29, 0.717) is 5.82 Å². The third kappa shape index (κ3) is 3.44. The Morgan fingerprint density at radius 2 is 1.71 bits per heavy atom. The second-order valence-electron chi connectivity index (χ2n) is 5.29. The van der Waals surface area contributed by atoms with Crippen LogP contribution in [0, 0.1) is 13.8 Å². The number of aryl methyl sites for hydroxylation is 2. The maximum Gasteiger partial charge on any atom is 0.261 e. The number of aromatic nitrogens is 3. The minimum atomic E-state index is -0.239. The van der Waals surface area contributed by atoms with Crippen LogP contribution in [0.1, 0.15) is 21.7 Å². The van der Waals surface area contributed by atoms with E-state index in [1.807, 2.05) is 44.2 Å². The van der Waals surface area contributed by atoms with Gasteiger partial charge < -0.3 is 5.11 Å². The molecule has 0 fully saturated rings. The Hall–Kier alpha value is -2.73. The van der Waals surface area contributed by atoms with Crippen molar-refractivity contribution in [1.82, 2.24) is 15.0 Å². The molecule has 0 saturated heterocycles. The van der Waals surface area contributed by atoms with E-state index in [1.165, 1.54) is 6.33 Å². The zero-order chi connectivity index (χ0) is 17.1. The number of phenolic OH excluding ortho intramolecular Hbond substituents is 1. The van der Waals surface area contributed by atoms with E-state index in [2.05, 4.69) is 15.0 Å². The molecule has 6 heteroatoms. The summed E-state index contributed by atoms with van der Waals surface area (Å²) in [4.78, 5) is 25.6. The zero-order valence-corrected chi connectivity index (χ0v) is 14.0. The molecular weight excluding hydrogens is 322 g/mol. The van der Waals surface area contributed by atoms with Gasteiger partial charge in [-0.05, 0) is 61.0 Å². The maximum absolute atomic E-state index is 12.4. The van der Waals surface area contributed by atoms with Crippen molar-refractivity contribution >= 4 is 16.9 Å². The topological polar surface area (TPSA) is 76.0 Å². The average Bonchev–Trinajstić information content (AvgIpc) is 2.60. The van der Waals surface area contributed by atoms with Crippen LogP contribution in [0.3, 0.4) is 0 Å². The van der Waals surface area contributed by atoms with E-state index in [1.54, 1.807) is 12.1 Å². The van der Waals surface area contributed by atoms with Gasteiger partial charge in [-0.15, -0.1) is 0 Å². The first-order chi connectivity index (χ1) is 11.5. The predicted molar refractivity (Wildman–Crippen MR) is 93.0 cm³/mol. The molecule has 24 heavy (non-hydrogen) atoms. The number of hydrogen-bond donors (Lipinski definition) is 1. The summed E-state index contributed by atoms with van der Waals surface area (Å²) in [6.07, 6.45) is 1.33. The Morgan fingerprint density at radius 1 is 1.04 bits per heavy atom. The average molecular weight is 337 g/mol. The van der Waals surface area contributed by atoms with Crippen LogP contribution < -0.4 is 0 Å². The molecule has 0 spiro atoms. The number of phenols is 1. The molecule has 5 nitrogen and oxygen atoms in total. The zero-order valence-electron chi connectivity index (χ0n) is 13.2. The second-order valence-corrected chi connectivity index (χ2v) is 6.34. The Balaban J connectivity index is 1.91. The minimum absolute atomic E-state index is 0.109. The fraction of sp³-hybridized carbons (Fsp3) is 0.111. The first kappa shape index (κ1) is 16.1. The Bertz CT molecular complexity index is 875. The van der Waals surface area contributed by atoms with Gasteiger partial charge >= 0.3 is 0 Å². The van der Waals surface area contributed by atoms with Crippen molar-refractivity contribution in [2.45, 2.75) is 18.7 Å². The molecule has 0 atom stereocenters. The van der Waals surface area contributed by atoms with Crippen LogP contribution in [0.15, 0.2) is 53.7 Å². The van der Waals surface area contributed by atoms with Gasteiger partial charge in [-0.25, -0.2) is 15.0 Å². The number of carbonyl (C=O) groups excluding carboxylic acids is 1. The van der Waals surface area contributed by atoms with Crippen molar-refractivity contribution in [2.24, 2.45) is 0 Å². The standard InChI is InChI=1S/C18H15N3O2S/c1-11-8-13(9-12(2)15(11)22)16-19-10-20-17(21-16)18(23)24-14-6-4-3-5-7-14/h3-10,22H,1-2H3. The van der Waals surface area contributed by atoms with Gasteiger partial charge in [-0.3, -0.25) is 4.79 Å². The van der Waals surface area contributed by atoms with Crippen LogP contribution in [-0.4, -0.2) is 25.2 Å². The molecule has 1 heterocycles. The largest absolute Gasteiger partial charge is 0.507 e. The molecule has 0 bridgehead atoms. The van der Waals surface area contributed by atoms with Gasteiger partial charge in [0.25, 0.3) is 5.12 Å². The highest BCUT2D eigenvalue weighted by Crippen LogP contribution is 2.27. The molecule has 0 aliphatic heterocycles. The van der Waals surface area contributed by atoms with Crippen LogP contribution in [0.2, 0.25) is 0 Å². The van der Waals surface area contributed by atoms with Gasteiger partial charge in [0.1, 0.15) is 12.1 Å². The van der Waals surface area contributed by atoms with Crippen molar-refractivity contribution in [3.63, 3.8) is 0 Å². The van der Waals surface area contributed by atoms with E-state index in [-0.39, 0.29) is 16.7 Å². The normalized spacial score (nSPS) is 10.6. The van der Waals surface area contributed by atoms with Crippen molar-refractivity contribution in [3.8, 4) is 17.1 Å². The van der Waals surface area contributed by atoms with Gasteiger partial charge in [-0.2, -0.15) is 0 Å². The monoisotopic (exact) mass is 337 g/mol. The van der Waals surface area contributed by atoms with E-state index in [0.717, 1.165) is 33.3 Å². The molecule has 1 aromatic heterocycles. The number of rotatable bonds is 3. The first-order valence-corrected chi connectivity index (χ1v) is 8.13. The molecule has 3 rings (SSSR count). The lowest BCUT2D eigenvalue weighted by molar-refractivity contribution is 0.108. The summed E-state index contributed by atoms with van der Waals surface area (Å²) in [5.74, 6) is 0.772. The van der Waals surface area contributed by atoms with Crippen molar-refractivity contribution < 1.29 is 9.90 Å². The molecule has 3 aromatic rings. The van der Waals surface area contributed by atoms with Crippen LogP contribution >= 0.6 is 11.8 Å². The number of benzene rings is 2. The molecular formula is C18H15N3O2S. The Kier molecular flexibility index (Phi) is 4.57. The molecule has 120 valence electrons. The lowest BCUT2D eigenvalue weighted by atomic mass is 10.1. The van der Waals surface area contributed by atoms with Gasteiger partial charge in [0.05, 0.1) is 0 Å². The Labute approximate surface area is 143 Å². The molecule has 2 aromatic carbocycles. The SMILES string of the molecule is Cc1cc(-c2ncnc(C(=O)Sc3ccccc3)n2)cc(C)c1O. The lowest BCUT2D eigenvalue weighted by Crippen LogP contribution is -2.04. The van der Waals surface area contributed by atoms with Crippen molar-refractivity contribution in [1.29, 1.82) is 0 Å². The number of carbonyl (C=O) groups is 1. The molecule has 1 N–H and O–H groups in total. The number of nitrogens with zero attached hydrogens (tertiary/aromatic N) is 3. The van der Waals surface area contributed by atoms with E-state index in [9.17, 15) is 9.90 Å². The molecule has 0 saturated carbocycles. The summed E-state index contributed by atoms with van der Waals surface area (Å²) in [5.41, 5.74) is 2.21. The van der Waals surface area contributed by atoms with Crippen molar-refractivity contribution in [2.75, 3.05) is 0 Å². The first-order valence-electron chi connectivity index (χ1n) is 7.31. The molecule has 0 radical (unpaired) electrons. The summed E-state index contributed by atoms with van der Waals surface area (Å²) < 4.78 is 0. The quantitative estimate of drug-likeness (QED) is 0.733. The van der Waals surface area contributed by atoms with E-state index < -0.39 is 0 Å². The van der Waals surface area contributed by atoms with Crippen LogP contribution in [0.25, 0.3) is 11.4 Å². The summed E-state index contributed by atoms with van der Waals surface area (Å²) >= 11 is 1.08. The second kappa shape index (κ2) is 6.80. The summed E-state index contributed by atoms with van der Waals surface area (Å²) in [6, 6.07) is 12.9. The third-order valence-electron chi connectivity index (χ3n) is 3.46. The fourth-order valence-corrected chi connectivity index (χ4v) is 2.96. The van der Waals surface area contributed by atoms with E-state index >= 15 is 0 Å². The van der Waals surface area contributed by atoms with Gasteiger partial charge in [-0.1, -0.05) is 18.2 Å². The lowest BCUT2D eigenvalue weighted by Gasteiger charge is -2.07. The molecule has 0 aliphatic rings. The van der Waals surface area contributed by atoms with E-state index in [4.69, 9.17) is 0 Å². The highest BCUT2D eigenvalue weighted by Gasteiger charge is 2.14. The van der Waals surface area contributed by atoms with Crippen LogP contribution in [0.4, 0.5) is 0 Å². The smallest absolute Gasteiger partial charge is 0.261 e. The summed E-state index contributed by atoms with van der Waals surface area (Å²) in [6.45, 7) is 3.62. The van der Waals surface area contributed by atoms with Crippen LogP contribution in [0.5, 0.6) is 5.75 Å². The Morgan fingerprint density at radius 3 is 2.38 bits per heavy atom. The van der Waals surface area contributed by atoms with Crippen LogP contribution in [-0.2, 0) is 0 Å². The summed E-state index contributed by atoms with van der Waals surface area (Å²) in [5, 5.41) is 9.64. The highest BCUT2D eigenvalue weighted by atomic mass is 32.2. The fourth-order valence-electron chi connectivity index (χ4n) is 2.26. The summed E-state index contributed by atoms with van der Waals surface area (Å²) in [7, 11) is 0. The third-order valence-corrected chi connectivity index (χ3v) is 4.33. The minimum Gasteiger partial charge on any atom is -0.507 e. The number of thioether (sulfide) groups is 1. The van der Waals surface area contributed by atoms with Gasteiger partial charge in [0.2, 0.25) is 5.82 Å². The molecule has 0 amide bonds. The van der Waals surface area contributed by atoms with Gasteiger partial charge in [0.15, 0.2) is 5.82 Å². The molecule has 0 aliphatic carbocycles. The number of aromatic hydroxyl groups is 1. The molecule has 0 unspecified atom stereocenters. The van der Waals surface area contributed by atoms with Gasteiger partial charge in [0, 0.05) is 10.5 Å².